The van der Waals surface area contributed by atoms with Crippen molar-refractivity contribution in [3.8, 4) is 11.4 Å². The van der Waals surface area contributed by atoms with Gasteiger partial charge in [-0.25, -0.2) is 4.79 Å². The molecule has 1 amide bonds. The van der Waals surface area contributed by atoms with Gasteiger partial charge in [-0.05, 0) is 44.5 Å². The second-order valence-electron chi connectivity index (χ2n) is 7.41. The molecule has 1 aromatic heterocycles. The van der Waals surface area contributed by atoms with Gasteiger partial charge in [0.2, 0.25) is 11.9 Å². The maximum atomic E-state index is 12.7. The normalized spacial score (nSPS) is 17.4. The Labute approximate surface area is 168 Å². The average Bonchev–Trinajstić information content (AvgIpc) is 2.59. The lowest BCUT2D eigenvalue weighted by Gasteiger charge is -2.37. The number of amides is 1. The molecular weight excluding hydrogens is 384 g/mol. The lowest BCUT2D eigenvalue weighted by Crippen LogP contribution is -2.45. The van der Waals surface area contributed by atoms with E-state index in [0.717, 1.165) is 5.56 Å². The highest BCUT2D eigenvalue weighted by Gasteiger charge is 2.32. The van der Waals surface area contributed by atoms with Gasteiger partial charge >= 0.3 is 6.09 Å². The van der Waals surface area contributed by atoms with E-state index in [1.807, 2.05) is 26.8 Å². The third-order valence-electron chi connectivity index (χ3n) is 3.99. The molecule has 0 spiro atoms. The summed E-state index contributed by atoms with van der Waals surface area (Å²) in [5.41, 5.74) is 12.1. The zero-order valence-corrected chi connectivity index (χ0v) is 16.7. The maximum absolute atomic E-state index is 12.7. The van der Waals surface area contributed by atoms with Crippen LogP contribution in [0.5, 0.6) is 0 Å². The van der Waals surface area contributed by atoms with E-state index in [0.29, 0.717) is 36.2 Å². The van der Waals surface area contributed by atoms with Crippen LogP contribution in [0.4, 0.5) is 16.7 Å². The van der Waals surface area contributed by atoms with Gasteiger partial charge in [0, 0.05) is 17.1 Å². The summed E-state index contributed by atoms with van der Waals surface area (Å²) in [6.07, 6.45) is -0.407. The van der Waals surface area contributed by atoms with Gasteiger partial charge in [-0.3, -0.25) is 4.90 Å². The van der Waals surface area contributed by atoms with Crippen molar-refractivity contribution in [3.63, 3.8) is 0 Å². The Hall–Kier alpha value is -2.65. The molecule has 0 aliphatic carbocycles. The van der Waals surface area contributed by atoms with Gasteiger partial charge in [-0.2, -0.15) is 15.0 Å². The number of ether oxygens (including phenoxy) is 2. The fourth-order valence-electron chi connectivity index (χ4n) is 2.89. The van der Waals surface area contributed by atoms with E-state index < -0.39 is 11.7 Å². The van der Waals surface area contributed by atoms with Crippen LogP contribution in [-0.2, 0) is 9.47 Å². The summed E-state index contributed by atoms with van der Waals surface area (Å²) in [7, 11) is 0. The number of halogens is 1. The summed E-state index contributed by atoms with van der Waals surface area (Å²) in [5.74, 6) is 0.329. The van der Waals surface area contributed by atoms with E-state index >= 15 is 0 Å². The standard InChI is InChI=1S/C18H23ClN6O3/c1-18(2,3)28-17(26)25-4-5-27-9-13(25)10-6-11(8-12(19)7-10)14-22-15(20)24-16(21)23-14/h6-8,13H,4-5,9H2,1-3H3,(H4,20,21,22,23,24)/t13-/m0/s1. The molecule has 0 saturated carbocycles. The predicted octanol–water partition coefficient (Wildman–Crippen LogP) is 2.66. The Balaban J connectivity index is 1.97. The van der Waals surface area contributed by atoms with Crippen LogP contribution in [0.2, 0.25) is 5.02 Å². The number of hydrogen-bond donors (Lipinski definition) is 2. The number of benzene rings is 1. The summed E-state index contributed by atoms with van der Waals surface area (Å²) < 4.78 is 11.1. The number of nitrogens with zero attached hydrogens (tertiary/aromatic N) is 4. The van der Waals surface area contributed by atoms with Crippen molar-refractivity contribution in [2.45, 2.75) is 32.4 Å². The van der Waals surface area contributed by atoms with Crippen LogP contribution in [0.25, 0.3) is 11.4 Å². The molecule has 3 rings (SSSR count). The number of nitrogen functional groups attached to an aromatic ring is 2. The predicted molar refractivity (Wildman–Crippen MR) is 106 cm³/mol. The topological polar surface area (TPSA) is 129 Å². The highest BCUT2D eigenvalue weighted by molar-refractivity contribution is 6.31. The minimum Gasteiger partial charge on any atom is -0.444 e. The second-order valence-corrected chi connectivity index (χ2v) is 7.85. The van der Waals surface area contributed by atoms with E-state index in [-0.39, 0.29) is 17.9 Å². The Morgan fingerprint density at radius 1 is 1.21 bits per heavy atom. The number of anilines is 2. The number of carbonyl (C=O) groups excluding carboxylic acids is 1. The van der Waals surface area contributed by atoms with Gasteiger partial charge < -0.3 is 20.9 Å². The summed E-state index contributed by atoms with van der Waals surface area (Å²) in [4.78, 5) is 26.3. The molecule has 150 valence electrons. The molecule has 2 heterocycles. The molecule has 1 fully saturated rings. The molecule has 1 atom stereocenters. The minimum absolute atomic E-state index is 0.0143. The Kier molecular flexibility index (Phi) is 5.57. The van der Waals surface area contributed by atoms with E-state index in [2.05, 4.69) is 15.0 Å². The van der Waals surface area contributed by atoms with Crippen LogP contribution in [0, 0.1) is 0 Å². The van der Waals surface area contributed by atoms with Crippen LogP contribution in [0.1, 0.15) is 32.4 Å². The first-order valence-corrected chi connectivity index (χ1v) is 9.15. The summed E-state index contributed by atoms with van der Waals surface area (Å²) in [5, 5.41) is 0.458. The van der Waals surface area contributed by atoms with Crippen LogP contribution in [-0.4, -0.2) is 51.3 Å². The summed E-state index contributed by atoms with van der Waals surface area (Å²) in [6.45, 7) is 6.64. The van der Waals surface area contributed by atoms with E-state index in [9.17, 15) is 4.79 Å². The van der Waals surface area contributed by atoms with Crippen molar-refractivity contribution in [1.82, 2.24) is 19.9 Å². The third-order valence-corrected chi connectivity index (χ3v) is 4.21. The minimum atomic E-state index is -0.598. The van der Waals surface area contributed by atoms with Crippen LogP contribution < -0.4 is 11.5 Å². The zero-order valence-electron chi connectivity index (χ0n) is 16.0. The molecule has 1 saturated heterocycles. The summed E-state index contributed by atoms with van der Waals surface area (Å²) in [6, 6.07) is 4.94. The van der Waals surface area contributed by atoms with Gasteiger partial charge in [-0.1, -0.05) is 11.6 Å². The monoisotopic (exact) mass is 406 g/mol. The quantitative estimate of drug-likeness (QED) is 0.778. The average molecular weight is 407 g/mol. The number of aromatic nitrogens is 3. The molecule has 0 bridgehead atoms. The molecule has 1 aliphatic heterocycles. The van der Waals surface area contributed by atoms with Crippen molar-refractivity contribution in [2.24, 2.45) is 0 Å². The van der Waals surface area contributed by atoms with Gasteiger partial charge in [0.05, 0.1) is 19.3 Å². The first kappa shape index (κ1) is 20.1. The molecule has 0 radical (unpaired) electrons. The Morgan fingerprint density at radius 3 is 2.54 bits per heavy atom. The Morgan fingerprint density at radius 2 is 1.89 bits per heavy atom. The largest absolute Gasteiger partial charge is 0.444 e. The molecular formula is C18H23ClN6O3. The molecule has 28 heavy (non-hydrogen) atoms. The zero-order chi connectivity index (χ0) is 20.5. The van der Waals surface area contributed by atoms with Crippen LogP contribution in [0.15, 0.2) is 18.2 Å². The van der Waals surface area contributed by atoms with Gasteiger partial charge in [-0.15, -0.1) is 0 Å². The number of morpholine rings is 1. The van der Waals surface area contributed by atoms with Crippen molar-refractivity contribution in [3.05, 3.63) is 28.8 Å². The number of rotatable bonds is 2. The Bertz CT molecular complexity index is 866. The van der Waals surface area contributed by atoms with E-state index in [1.165, 1.54) is 0 Å². The fourth-order valence-corrected chi connectivity index (χ4v) is 3.13. The third kappa shape index (κ3) is 4.79. The maximum Gasteiger partial charge on any atom is 0.410 e. The molecule has 1 aromatic carbocycles. The van der Waals surface area contributed by atoms with E-state index in [1.54, 1.807) is 17.0 Å². The highest BCUT2D eigenvalue weighted by atomic mass is 35.5. The van der Waals surface area contributed by atoms with E-state index in [4.69, 9.17) is 32.5 Å². The molecule has 2 aromatic rings. The fraction of sp³-hybridized carbons (Fsp3) is 0.444. The first-order valence-electron chi connectivity index (χ1n) is 8.77. The highest BCUT2D eigenvalue weighted by Crippen LogP contribution is 2.31. The van der Waals surface area contributed by atoms with Crippen LogP contribution in [0.3, 0.4) is 0 Å². The van der Waals surface area contributed by atoms with Crippen LogP contribution >= 0.6 is 11.6 Å². The van der Waals surface area contributed by atoms with Gasteiger partial charge in [0.25, 0.3) is 0 Å². The molecule has 1 aliphatic rings. The summed E-state index contributed by atoms with van der Waals surface area (Å²) >= 11 is 6.32. The first-order chi connectivity index (χ1) is 13.1. The lowest BCUT2D eigenvalue weighted by atomic mass is 10.0. The number of carbonyl (C=O) groups is 1. The lowest BCUT2D eigenvalue weighted by molar-refractivity contribution is -0.0331. The number of hydrogen-bond acceptors (Lipinski definition) is 8. The molecule has 4 N–H and O–H groups in total. The SMILES string of the molecule is CC(C)(C)OC(=O)N1CCOC[C@H]1c1cc(Cl)cc(-c2nc(N)nc(N)n2)c1. The van der Waals surface area contributed by atoms with Crippen molar-refractivity contribution >= 4 is 29.6 Å². The molecule has 10 heteroatoms. The smallest absolute Gasteiger partial charge is 0.410 e. The van der Waals surface area contributed by atoms with Crippen molar-refractivity contribution in [2.75, 3.05) is 31.2 Å². The van der Waals surface area contributed by atoms with Crippen molar-refractivity contribution < 1.29 is 14.3 Å². The second kappa shape index (κ2) is 7.76. The molecule has 0 unspecified atom stereocenters. The van der Waals surface area contributed by atoms with Crippen molar-refractivity contribution in [1.29, 1.82) is 0 Å². The number of nitrogens with two attached hydrogens (primary N) is 2. The molecule has 9 nitrogen and oxygen atoms in total. The van der Waals surface area contributed by atoms with Gasteiger partial charge in [0.1, 0.15) is 5.60 Å². The van der Waals surface area contributed by atoms with Gasteiger partial charge in [0.15, 0.2) is 5.82 Å².